The maximum absolute atomic E-state index is 5.82. The molecule has 1 saturated carbocycles. The molecule has 0 aliphatic heterocycles. The lowest BCUT2D eigenvalue weighted by Gasteiger charge is -2.35. The quantitative estimate of drug-likeness (QED) is 0.915. The van der Waals surface area contributed by atoms with Gasteiger partial charge in [0.2, 0.25) is 11.2 Å². The first-order chi connectivity index (χ1) is 8.48. The molecule has 1 fully saturated rings. The second kappa shape index (κ2) is 5.26. The average Bonchev–Trinajstić information content (AvgIpc) is 2.26. The smallest absolute Gasteiger partial charge is 0.322 e. The Hall–Kier alpha value is -1.10. The SMILES string of the molecule is COc1nc(Cl)nc(NC2CCCC(C)(C)C2)n1. The summed E-state index contributed by atoms with van der Waals surface area (Å²) in [4.78, 5) is 12.1. The van der Waals surface area contributed by atoms with E-state index in [-0.39, 0.29) is 11.3 Å². The Labute approximate surface area is 112 Å². The van der Waals surface area contributed by atoms with Crippen LogP contribution in [0.15, 0.2) is 0 Å². The first-order valence-electron chi connectivity index (χ1n) is 6.21. The number of hydrogen-bond donors (Lipinski definition) is 1. The molecule has 1 aromatic heterocycles. The number of ether oxygens (including phenoxy) is 1. The summed E-state index contributed by atoms with van der Waals surface area (Å²) in [5.41, 5.74) is 0.372. The van der Waals surface area contributed by atoms with Crippen molar-refractivity contribution in [3.63, 3.8) is 0 Å². The zero-order chi connectivity index (χ0) is 13.2. The van der Waals surface area contributed by atoms with E-state index in [4.69, 9.17) is 16.3 Å². The number of halogens is 1. The number of anilines is 1. The van der Waals surface area contributed by atoms with Crippen LogP contribution < -0.4 is 10.1 Å². The van der Waals surface area contributed by atoms with Gasteiger partial charge in [-0.25, -0.2) is 0 Å². The van der Waals surface area contributed by atoms with Crippen LogP contribution in [0.5, 0.6) is 6.01 Å². The van der Waals surface area contributed by atoms with Crippen LogP contribution in [-0.4, -0.2) is 28.1 Å². The van der Waals surface area contributed by atoms with Crippen LogP contribution in [0.2, 0.25) is 5.28 Å². The topological polar surface area (TPSA) is 59.9 Å². The van der Waals surface area contributed by atoms with Crippen LogP contribution in [0, 0.1) is 5.41 Å². The molecule has 1 unspecified atom stereocenters. The number of nitrogens with zero attached hydrogens (tertiary/aromatic N) is 3. The fraction of sp³-hybridized carbons (Fsp3) is 0.750. The van der Waals surface area contributed by atoms with Gasteiger partial charge in [-0.1, -0.05) is 20.3 Å². The van der Waals surface area contributed by atoms with Crippen molar-refractivity contribution in [2.45, 2.75) is 45.6 Å². The molecule has 6 heteroatoms. The maximum Gasteiger partial charge on any atom is 0.322 e. The molecule has 1 aliphatic rings. The third-order valence-electron chi connectivity index (χ3n) is 3.31. The molecule has 0 spiro atoms. The fourth-order valence-electron chi connectivity index (χ4n) is 2.49. The molecule has 0 radical (unpaired) electrons. The van der Waals surface area contributed by atoms with Crippen molar-refractivity contribution in [3.05, 3.63) is 5.28 Å². The molecular formula is C12H19ClN4O. The number of methoxy groups -OCH3 is 1. The van der Waals surface area contributed by atoms with Gasteiger partial charge < -0.3 is 10.1 Å². The molecule has 1 N–H and O–H groups in total. The Bertz CT molecular complexity index is 425. The van der Waals surface area contributed by atoms with Gasteiger partial charge in [0.25, 0.3) is 0 Å². The summed E-state index contributed by atoms with van der Waals surface area (Å²) < 4.78 is 4.98. The van der Waals surface area contributed by atoms with Crippen LogP contribution in [0.25, 0.3) is 0 Å². The predicted molar refractivity (Wildman–Crippen MR) is 71.0 cm³/mol. The standard InChI is InChI=1S/C12H19ClN4O/c1-12(2)6-4-5-8(7-12)14-10-15-9(13)16-11(17-10)18-3/h8H,4-7H2,1-3H3,(H,14,15,16,17). The van der Waals surface area contributed by atoms with Crippen molar-refractivity contribution in [1.29, 1.82) is 0 Å². The average molecular weight is 271 g/mol. The fourth-order valence-corrected chi connectivity index (χ4v) is 2.64. The summed E-state index contributed by atoms with van der Waals surface area (Å²) in [7, 11) is 1.51. The second-order valence-corrected chi connectivity index (χ2v) is 5.85. The minimum absolute atomic E-state index is 0.152. The van der Waals surface area contributed by atoms with Gasteiger partial charge in [-0.2, -0.15) is 15.0 Å². The highest BCUT2D eigenvalue weighted by Gasteiger charge is 2.28. The lowest BCUT2D eigenvalue weighted by molar-refractivity contribution is 0.229. The third kappa shape index (κ3) is 3.45. The van der Waals surface area contributed by atoms with E-state index >= 15 is 0 Å². The molecule has 1 aliphatic carbocycles. The predicted octanol–water partition coefficient (Wildman–Crippen LogP) is 2.91. The summed E-state index contributed by atoms with van der Waals surface area (Å²) in [6.07, 6.45) is 4.74. The van der Waals surface area contributed by atoms with E-state index in [1.807, 2.05) is 0 Å². The van der Waals surface area contributed by atoms with Crippen LogP contribution in [0.3, 0.4) is 0 Å². The maximum atomic E-state index is 5.82. The lowest BCUT2D eigenvalue weighted by Crippen LogP contribution is -2.32. The van der Waals surface area contributed by atoms with Crippen LogP contribution >= 0.6 is 11.6 Å². The second-order valence-electron chi connectivity index (χ2n) is 5.52. The Morgan fingerprint density at radius 2 is 2.11 bits per heavy atom. The number of nitrogens with one attached hydrogen (secondary N) is 1. The zero-order valence-corrected chi connectivity index (χ0v) is 11.8. The highest BCUT2D eigenvalue weighted by Crippen LogP contribution is 2.36. The molecule has 2 rings (SSSR count). The molecule has 1 aromatic rings. The van der Waals surface area contributed by atoms with E-state index in [2.05, 4.69) is 34.1 Å². The van der Waals surface area contributed by atoms with Crippen LogP contribution in [0.1, 0.15) is 39.5 Å². The van der Waals surface area contributed by atoms with Gasteiger partial charge in [0.05, 0.1) is 7.11 Å². The normalized spacial score (nSPS) is 22.6. The molecule has 0 bridgehead atoms. The van der Waals surface area contributed by atoms with Crippen molar-refractivity contribution in [2.24, 2.45) is 5.41 Å². The third-order valence-corrected chi connectivity index (χ3v) is 3.48. The zero-order valence-electron chi connectivity index (χ0n) is 11.0. The summed E-state index contributed by atoms with van der Waals surface area (Å²) in [5.74, 6) is 0.495. The number of aromatic nitrogens is 3. The van der Waals surface area contributed by atoms with E-state index in [1.54, 1.807) is 0 Å². The van der Waals surface area contributed by atoms with E-state index in [9.17, 15) is 0 Å². The minimum Gasteiger partial charge on any atom is -0.467 e. The Morgan fingerprint density at radius 1 is 1.33 bits per heavy atom. The van der Waals surface area contributed by atoms with Crippen LogP contribution in [0.4, 0.5) is 5.95 Å². The molecule has 0 saturated heterocycles. The molecule has 5 nitrogen and oxygen atoms in total. The van der Waals surface area contributed by atoms with Crippen molar-refractivity contribution in [3.8, 4) is 6.01 Å². The molecule has 100 valence electrons. The Kier molecular flexibility index (Phi) is 3.90. The van der Waals surface area contributed by atoms with Crippen molar-refractivity contribution in [2.75, 3.05) is 12.4 Å². The molecule has 1 heterocycles. The van der Waals surface area contributed by atoms with Gasteiger partial charge >= 0.3 is 6.01 Å². The summed E-state index contributed by atoms with van der Waals surface area (Å²) in [5, 5.41) is 3.48. The van der Waals surface area contributed by atoms with Crippen molar-refractivity contribution < 1.29 is 4.74 Å². The molecule has 1 atom stereocenters. The van der Waals surface area contributed by atoms with Gasteiger partial charge in [0, 0.05) is 6.04 Å². The van der Waals surface area contributed by atoms with E-state index in [1.165, 1.54) is 20.0 Å². The van der Waals surface area contributed by atoms with Crippen molar-refractivity contribution >= 4 is 17.5 Å². The molecule has 0 amide bonds. The minimum atomic E-state index is 0.152. The highest BCUT2D eigenvalue weighted by atomic mass is 35.5. The Morgan fingerprint density at radius 3 is 2.78 bits per heavy atom. The largest absolute Gasteiger partial charge is 0.467 e. The molecule has 18 heavy (non-hydrogen) atoms. The lowest BCUT2D eigenvalue weighted by atomic mass is 9.75. The van der Waals surface area contributed by atoms with Gasteiger partial charge in [-0.3, -0.25) is 0 Å². The van der Waals surface area contributed by atoms with Gasteiger partial charge in [-0.05, 0) is 36.3 Å². The van der Waals surface area contributed by atoms with Gasteiger partial charge in [0.15, 0.2) is 0 Å². The summed E-state index contributed by atoms with van der Waals surface area (Å²) in [6.45, 7) is 4.59. The van der Waals surface area contributed by atoms with Gasteiger partial charge in [-0.15, -0.1) is 0 Å². The Balaban J connectivity index is 2.07. The van der Waals surface area contributed by atoms with Crippen LogP contribution in [-0.2, 0) is 0 Å². The summed E-state index contributed by atoms with van der Waals surface area (Å²) in [6, 6.07) is 0.629. The monoisotopic (exact) mass is 270 g/mol. The number of rotatable bonds is 3. The first-order valence-corrected chi connectivity index (χ1v) is 6.58. The summed E-state index contributed by atoms with van der Waals surface area (Å²) >= 11 is 5.82. The first kappa shape index (κ1) is 13.3. The highest BCUT2D eigenvalue weighted by molar-refractivity contribution is 6.28. The van der Waals surface area contributed by atoms with Gasteiger partial charge in [0.1, 0.15) is 0 Å². The molecular weight excluding hydrogens is 252 g/mol. The number of hydrogen-bond acceptors (Lipinski definition) is 5. The van der Waals surface area contributed by atoms with E-state index in [0.717, 1.165) is 12.8 Å². The molecule has 0 aromatic carbocycles. The van der Waals surface area contributed by atoms with E-state index < -0.39 is 0 Å². The van der Waals surface area contributed by atoms with E-state index in [0.29, 0.717) is 17.4 Å². The van der Waals surface area contributed by atoms with Crippen molar-refractivity contribution in [1.82, 2.24) is 15.0 Å².